The number of rotatable bonds is 5. The number of carbonyl (C=O) groups excluding carboxylic acids is 2. The summed E-state index contributed by atoms with van der Waals surface area (Å²) in [4.78, 5) is 26.7. The number of likely N-dealkylation sites (tertiary alicyclic amines) is 1. The summed E-state index contributed by atoms with van der Waals surface area (Å²) in [5, 5.41) is 11.7. The van der Waals surface area contributed by atoms with Gasteiger partial charge in [0.15, 0.2) is 0 Å². The van der Waals surface area contributed by atoms with Gasteiger partial charge in [-0.2, -0.15) is 0 Å². The summed E-state index contributed by atoms with van der Waals surface area (Å²) >= 11 is 0. The second kappa shape index (κ2) is 5.56. The first kappa shape index (κ1) is 16.1. The molecule has 4 rings (SSSR count). The second-order valence-corrected chi connectivity index (χ2v) is 6.99. The molecular formula is C20H20NO4-. The predicted octanol–water partition coefficient (Wildman–Crippen LogP) is 1.22. The molecule has 2 fully saturated rings. The zero-order valence-electron chi connectivity index (χ0n) is 14.0. The number of fused-ring (bicyclic) bond motifs is 1. The van der Waals surface area contributed by atoms with E-state index in [0.29, 0.717) is 6.42 Å². The molecule has 1 amide bonds. The van der Waals surface area contributed by atoms with Gasteiger partial charge < -0.3 is 19.5 Å². The summed E-state index contributed by atoms with van der Waals surface area (Å²) in [5.41, 5.74) is 0.105. The summed E-state index contributed by atoms with van der Waals surface area (Å²) < 4.78 is 6.07. The normalized spacial score (nSPS) is 36.5. The van der Waals surface area contributed by atoms with Crippen LogP contribution in [0.15, 0.2) is 55.1 Å². The molecular weight excluding hydrogens is 318 g/mol. The number of ether oxygens (including phenoxy) is 1. The minimum atomic E-state index is -1.22. The molecule has 1 aromatic carbocycles. The van der Waals surface area contributed by atoms with Gasteiger partial charge in [-0.15, -0.1) is 6.58 Å². The van der Waals surface area contributed by atoms with Crippen molar-refractivity contribution in [3.63, 3.8) is 0 Å². The van der Waals surface area contributed by atoms with Gasteiger partial charge in [-0.25, -0.2) is 0 Å². The van der Waals surface area contributed by atoms with Crippen molar-refractivity contribution in [1.29, 1.82) is 0 Å². The van der Waals surface area contributed by atoms with Gasteiger partial charge in [-0.1, -0.05) is 48.6 Å². The van der Waals surface area contributed by atoms with Crippen LogP contribution in [-0.2, 0) is 14.3 Å². The predicted molar refractivity (Wildman–Crippen MR) is 89.0 cm³/mol. The van der Waals surface area contributed by atoms with Crippen LogP contribution in [0.4, 0.5) is 0 Å². The fraction of sp³-hybridized carbons (Fsp3) is 0.400. The van der Waals surface area contributed by atoms with Crippen LogP contribution in [0.2, 0.25) is 0 Å². The Hall–Kier alpha value is -2.40. The van der Waals surface area contributed by atoms with Gasteiger partial charge in [-0.05, 0) is 18.9 Å². The van der Waals surface area contributed by atoms with E-state index in [9.17, 15) is 14.7 Å². The van der Waals surface area contributed by atoms with Crippen molar-refractivity contribution < 1.29 is 19.4 Å². The molecule has 3 aliphatic rings. The molecule has 5 nitrogen and oxygen atoms in total. The lowest BCUT2D eigenvalue weighted by Crippen LogP contribution is -2.46. The largest absolute Gasteiger partial charge is 0.550 e. The van der Waals surface area contributed by atoms with Gasteiger partial charge in [0.05, 0.1) is 24.1 Å². The third kappa shape index (κ3) is 2.05. The second-order valence-electron chi connectivity index (χ2n) is 6.99. The first-order chi connectivity index (χ1) is 12.0. The zero-order chi connectivity index (χ0) is 17.8. The van der Waals surface area contributed by atoms with E-state index in [1.54, 1.807) is 17.1 Å². The number of hydrogen-bond donors (Lipinski definition) is 0. The van der Waals surface area contributed by atoms with Gasteiger partial charge in [0.1, 0.15) is 5.60 Å². The minimum absolute atomic E-state index is 0.177. The van der Waals surface area contributed by atoms with Crippen LogP contribution in [0.5, 0.6) is 0 Å². The van der Waals surface area contributed by atoms with E-state index in [1.165, 1.54) is 0 Å². The fourth-order valence-electron chi connectivity index (χ4n) is 4.75. The summed E-state index contributed by atoms with van der Waals surface area (Å²) in [7, 11) is 0. The van der Waals surface area contributed by atoms with Crippen molar-refractivity contribution >= 4 is 11.9 Å². The number of benzene rings is 1. The molecule has 5 heteroatoms. The van der Waals surface area contributed by atoms with E-state index < -0.39 is 29.5 Å². The molecule has 0 N–H and O–H groups in total. The Morgan fingerprint density at radius 1 is 1.44 bits per heavy atom. The molecule has 1 aromatic rings. The van der Waals surface area contributed by atoms with Crippen molar-refractivity contribution in [3.05, 3.63) is 60.7 Å². The van der Waals surface area contributed by atoms with E-state index in [0.717, 1.165) is 5.56 Å². The molecule has 2 bridgehead atoms. The minimum Gasteiger partial charge on any atom is -0.550 e. The van der Waals surface area contributed by atoms with Gasteiger partial charge in [0.25, 0.3) is 0 Å². The zero-order valence-corrected chi connectivity index (χ0v) is 14.0. The molecule has 6 atom stereocenters. The molecule has 0 unspecified atom stereocenters. The molecule has 0 aliphatic carbocycles. The molecule has 0 aromatic heterocycles. The van der Waals surface area contributed by atoms with Crippen LogP contribution >= 0.6 is 0 Å². The maximum atomic E-state index is 13.3. The Morgan fingerprint density at radius 2 is 2.16 bits per heavy atom. The van der Waals surface area contributed by atoms with Gasteiger partial charge >= 0.3 is 0 Å². The quantitative estimate of drug-likeness (QED) is 0.757. The Balaban J connectivity index is 1.78. The van der Waals surface area contributed by atoms with Gasteiger partial charge in [0, 0.05) is 11.9 Å². The van der Waals surface area contributed by atoms with Crippen LogP contribution in [0.3, 0.4) is 0 Å². The highest BCUT2D eigenvalue weighted by molar-refractivity contribution is 5.91. The van der Waals surface area contributed by atoms with E-state index >= 15 is 0 Å². The van der Waals surface area contributed by atoms with E-state index in [2.05, 4.69) is 6.58 Å². The van der Waals surface area contributed by atoms with Crippen LogP contribution in [0, 0.1) is 11.8 Å². The van der Waals surface area contributed by atoms with Gasteiger partial charge in [0.2, 0.25) is 5.91 Å². The third-order valence-electron chi connectivity index (χ3n) is 5.82. The van der Waals surface area contributed by atoms with Crippen LogP contribution in [0.25, 0.3) is 0 Å². The van der Waals surface area contributed by atoms with Crippen LogP contribution < -0.4 is 5.11 Å². The number of aliphatic carboxylic acids is 1. The SMILES string of the molecule is C=CC[C@@H]1N([C@H](C)c2ccccc2)C(=O)[C@@H]2[C@@H](C(=O)[O-])[C@@H]3C=C[C@]21O3. The molecule has 2 saturated heterocycles. The maximum Gasteiger partial charge on any atom is 0.230 e. The standard InChI is InChI=1S/C20H21NO4/c1-3-7-15-20-11-10-14(25-20)16(19(23)24)17(20)18(22)21(15)12(2)13-8-5-4-6-9-13/h3-6,8-12,14-17H,1,7H2,2H3,(H,23,24)/p-1/t12-,14+,15+,16+,17+,20-/m1/s1. The lowest BCUT2D eigenvalue weighted by atomic mass is 9.74. The highest BCUT2D eigenvalue weighted by Crippen LogP contribution is 2.57. The molecule has 1 spiro atoms. The summed E-state index contributed by atoms with van der Waals surface area (Å²) in [5.74, 6) is -3.06. The molecule has 0 saturated carbocycles. The lowest BCUT2D eigenvalue weighted by molar-refractivity contribution is -0.313. The van der Waals surface area contributed by atoms with Crippen LogP contribution in [-0.4, -0.2) is 34.5 Å². The summed E-state index contributed by atoms with van der Waals surface area (Å²) in [6, 6.07) is 9.27. The molecule has 25 heavy (non-hydrogen) atoms. The van der Waals surface area contributed by atoms with Crippen molar-refractivity contribution in [2.45, 2.75) is 37.1 Å². The van der Waals surface area contributed by atoms with E-state index in [4.69, 9.17) is 4.74 Å². The third-order valence-corrected chi connectivity index (χ3v) is 5.82. The number of nitrogens with zero attached hydrogens (tertiary/aromatic N) is 1. The summed E-state index contributed by atoms with van der Waals surface area (Å²) in [6.45, 7) is 5.78. The number of carbonyl (C=O) groups is 2. The Labute approximate surface area is 146 Å². The molecule has 0 radical (unpaired) electrons. The van der Waals surface area contributed by atoms with Crippen molar-refractivity contribution in [2.75, 3.05) is 0 Å². The van der Waals surface area contributed by atoms with E-state index in [1.807, 2.05) is 43.3 Å². The van der Waals surface area contributed by atoms with Crippen LogP contribution in [0.1, 0.15) is 24.9 Å². The monoisotopic (exact) mass is 338 g/mol. The Bertz CT molecular complexity index is 758. The summed E-state index contributed by atoms with van der Waals surface area (Å²) in [6.07, 6.45) is 5.36. The average molecular weight is 338 g/mol. The number of carboxylic acids is 1. The number of hydrogen-bond acceptors (Lipinski definition) is 4. The molecule has 3 aliphatic heterocycles. The molecule has 3 heterocycles. The van der Waals surface area contributed by atoms with E-state index in [-0.39, 0.29) is 18.0 Å². The number of amides is 1. The fourth-order valence-corrected chi connectivity index (χ4v) is 4.75. The van der Waals surface area contributed by atoms with Crippen molar-refractivity contribution in [2.24, 2.45) is 11.8 Å². The smallest absolute Gasteiger partial charge is 0.230 e. The highest BCUT2D eigenvalue weighted by atomic mass is 16.5. The van der Waals surface area contributed by atoms with Gasteiger partial charge in [-0.3, -0.25) is 4.79 Å². The Morgan fingerprint density at radius 3 is 2.80 bits per heavy atom. The average Bonchev–Trinajstić information content (AvgIpc) is 3.24. The molecule has 130 valence electrons. The van der Waals surface area contributed by atoms with Crippen molar-refractivity contribution in [1.82, 2.24) is 4.90 Å². The Kier molecular flexibility index (Phi) is 3.58. The number of carboxylic acid groups (broad SMARTS) is 1. The topological polar surface area (TPSA) is 69.7 Å². The lowest BCUT2D eigenvalue weighted by Gasteiger charge is -2.36. The highest BCUT2D eigenvalue weighted by Gasteiger charge is 2.69. The van der Waals surface area contributed by atoms with Crippen molar-refractivity contribution in [3.8, 4) is 0 Å². The first-order valence-electron chi connectivity index (χ1n) is 8.57. The first-order valence-corrected chi connectivity index (χ1v) is 8.57. The maximum absolute atomic E-state index is 13.3.